The zero-order chi connectivity index (χ0) is 53.4. The molecular weight excluding hydrogens is 921 g/mol. The van der Waals surface area contributed by atoms with Crippen LogP contribution in [0, 0.1) is 17.8 Å². The van der Waals surface area contributed by atoms with Crippen molar-refractivity contribution in [2.24, 2.45) is 34.2 Å². The van der Waals surface area contributed by atoms with E-state index in [9.17, 15) is 53.4 Å². The summed E-state index contributed by atoms with van der Waals surface area (Å²) < 4.78 is 5.81. The minimum atomic E-state index is -1.84. The molecule has 2 rings (SSSR count). The lowest BCUT2D eigenvalue weighted by atomic mass is 9.94. The molecular formula is C49H74N10O12. The van der Waals surface area contributed by atoms with Crippen LogP contribution in [0.2, 0.25) is 0 Å². The molecule has 0 radical (unpaired) electrons. The van der Waals surface area contributed by atoms with Crippen molar-refractivity contribution in [3.8, 4) is 0 Å². The molecule has 0 saturated carbocycles. The molecule has 0 aliphatic carbocycles. The van der Waals surface area contributed by atoms with E-state index in [0.717, 1.165) is 5.56 Å². The fourth-order valence-electron chi connectivity index (χ4n) is 7.33. The highest BCUT2D eigenvalue weighted by molar-refractivity contribution is 6.00. The van der Waals surface area contributed by atoms with Gasteiger partial charge in [-0.25, -0.2) is 9.59 Å². The second-order valence-corrected chi connectivity index (χ2v) is 18.0. The van der Waals surface area contributed by atoms with E-state index < -0.39 is 115 Å². The van der Waals surface area contributed by atoms with Gasteiger partial charge in [-0.3, -0.25) is 38.6 Å². The first-order valence-electron chi connectivity index (χ1n) is 23.7. The number of nitrogens with two attached hydrogens (primary N) is 2. The standard InChI is InChI=1S/C49H74N10O12/c1-9-33-44(64)53-31(7)43(63)57-36(19-17-27(2)3)46(66)59-38(48(69)70)26-41(61)55-35(16-13-23-52-49(50)51)45(65)56-34(30(6)42(62)58-37(47(67)68)21-22-40(60)54-33)20-18-28(4)24-29(5)39(71-8)25-32-14-11-10-12-15-32/h9-12,14-15,18,20,24,27,29-31,34-39H,13,16-17,19,21-23,25-26H2,1-8H3,(H,53,64)(H,54,60)(H,55,61)(H,56,65)(H,57,63)(H,58,62)(H,59,66)(H,67,68)(H,69,70)(H4,50,51,52)/b20-18+,28-24+,33-9-/t29-,30-,31-,34-,35-,36-,37+,38+,39-/m0/s1. The zero-order valence-corrected chi connectivity index (χ0v) is 41.9. The van der Waals surface area contributed by atoms with Crippen LogP contribution in [0.25, 0.3) is 0 Å². The van der Waals surface area contributed by atoms with Crippen LogP contribution in [0.3, 0.4) is 0 Å². The third-order valence-corrected chi connectivity index (χ3v) is 11.6. The number of aliphatic carboxylic acids is 2. The topological polar surface area (TPSA) is 352 Å². The molecule has 1 heterocycles. The summed E-state index contributed by atoms with van der Waals surface area (Å²) in [4.78, 5) is 124. The normalized spacial score (nSPS) is 24.7. The highest BCUT2D eigenvalue weighted by atomic mass is 16.5. The number of hydrogen-bond acceptors (Lipinski definition) is 11. The Hall–Kier alpha value is -7.10. The van der Waals surface area contributed by atoms with Crippen molar-refractivity contribution in [1.82, 2.24) is 37.2 Å². The second-order valence-electron chi connectivity index (χ2n) is 18.0. The molecule has 1 aromatic carbocycles. The molecule has 392 valence electrons. The maximum atomic E-state index is 14.3. The Labute approximate surface area is 415 Å². The number of nitrogens with zero attached hydrogens (tertiary/aromatic N) is 1. The van der Waals surface area contributed by atoms with Gasteiger partial charge in [-0.15, -0.1) is 0 Å². The highest BCUT2D eigenvalue weighted by Crippen LogP contribution is 2.18. The second kappa shape index (κ2) is 30.5. The molecule has 0 aromatic heterocycles. The summed E-state index contributed by atoms with van der Waals surface area (Å²) in [5.41, 5.74) is 12.5. The third kappa shape index (κ3) is 22.0. The van der Waals surface area contributed by atoms with Crippen LogP contribution >= 0.6 is 0 Å². The van der Waals surface area contributed by atoms with Crippen LogP contribution in [0.5, 0.6) is 0 Å². The Balaban J connectivity index is 2.69. The van der Waals surface area contributed by atoms with Gasteiger partial charge in [0.2, 0.25) is 35.4 Å². The van der Waals surface area contributed by atoms with Crippen LogP contribution in [0.1, 0.15) is 99.0 Å². The van der Waals surface area contributed by atoms with E-state index in [1.165, 1.54) is 32.9 Å². The predicted octanol–water partition coefficient (Wildman–Crippen LogP) is 0.810. The summed E-state index contributed by atoms with van der Waals surface area (Å²) in [7, 11) is 1.61. The van der Waals surface area contributed by atoms with E-state index in [2.05, 4.69) is 42.2 Å². The molecule has 13 N–H and O–H groups in total. The lowest BCUT2D eigenvalue weighted by Crippen LogP contribution is -2.56. The molecule has 1 aliphatic heterocycles. The average molecular weight is 995 g/mol. The number of carbonyl (C=O) groups is 9. The van der Waals surface area contributed by atoms with Gasteiger partial charge >= 0.3 is 11.9 Å². The molecule has 1 aliphatic rings. The Morgan fingerprint density at radius 2 is 1.44 bits per heavy atom. The van der Waals surface area contributed by atoms with Gasteiger partial charge in [0, 0.05) is 26.0 Å². The number of amides is 7. The first-order valence-corrected chi connectivity index (χ1v) is 23.7. The first kappa shape index (κ1) is 60.0. The molecule has 1 fully saturated rings. The van der Waals surface area contributed by atoms with E-state index in [1.807, 2.05) is 57.2 Å². The summed E-state index contributed by atoms with van der Waals surface area (Å²) in [5, 5.41) is 37.7. The summed E-state index contributed by atoms with van der Waals surface area (Å²) in [6, 6.07) is 1.14. The predicted molar refractivity (Wildman–Crippen MR) is 264 cm³/mol. The average Bonchev–Trinajstić information content (AvgIpc) is 3.30. The van der Waals surface area contributed by atoms with Crippen molar-refractivity contribution < 1.29 is 58.1 Å². The van der Waals surface area contributed by atoms with E-state index in [4.69, 9.17) is 16.2 Å². The number of carboxylic acids is 2. The molecule has 9 atom stereocenters. The molecule has 22 nitrogen and oxygen atoms in total. The molecule has 0 spiro atoms. The number of methoxy groups -OCH3 is 1. The van der Waals surface area contributed by atoms with Crippen LogP contribution in [-0.2, 0) is 54.3 Å². The van der Waals surface area contributed by atoms with Crippen LogP contribution in [0.4, 0.5) is 0 Å². The molecule has 0 bridgehead atoms. The summed E-state index contributed by atoms with van der Waals surface area (Å²) in [5.74, 6) is -10.7. The zero-order valence-electron chi connectivity index (χ0n) is 41.9. The van der Waals surface area contributed by atoms with E-state index in [-0.39, 0.29) is 55.4 Å². The van der Waals surface area contributed by atoms with Gasteiger partial charge in [0.15, 0.2) is 5.96 Å². The minimum absolute atomic E-state index is 0.0310. The quantitative estimate of drug-likeness (QED) is 0.0359. The first-order chi connectivity index (χ1) is 33.4. The van der Waals surface area contributed by atoms with E-state index >= 15 is 0 Å². The number of guanidine groups is 1. The summed E-state index contributed by atoms with van der Waals surface area (Å²) >= 11 is 0. The molecule has 0 unspecified atom stereocenters. The van der Waals surface area contributed by atoms with Crippen LogP contribution in [-0.4, -0.2) is 125 Å². The van der Waals surface area contributed by atoms with Gasteiger partial charge < -0.3 is 63.6 Å². The van der Waals surface area contributed by atoms with E-state index in [1.54, 1.807) is 20.1 Å². The lowest BCUT2D eigenvalue weighted by molar-refractivity contribution is -0.144. The van der Waals surface area contributed by atoms with Gasteiger partial charge in [0.1, 0.15) is 35.9 Å². The van der Waals surface area contributed by atoms with Gasteiger partial charge in [-0.05, 0) is 70.8 Å². The number of carboxylic acid groups (broad SMARTS) is 2. The fraction of sp³-hybridized carbons (Fsp3) is 0.551. The van der Waals surface area contributed by atoms with Crippen molar-refractivity contribution in [2.75, 3.05) is 13.7 Å². The molecule has 1 aromatic rings. The number of carbonyl (C=O) groups excluding carboxylic acids is 7. The number of allylic oxidation sites excluding steroid dienone is 3. The highest BCUT2D eigenvalue weighted by Gasteiger charge is 2.34. The number of rotatable bonds is 16. The fourth-order valence-corrected chi connectivity index (χ4v) is 7.33. The van der Waals surface area contributed by atoms with Crippen molar-refractivity contribution in [1.29, 1.82) is 0 Å². The van der Waals surface area contributed by atoms with E-state index in [0.29, 0.717) is 18.4 Å². The van der Waals surface area contributed by atoms with Crippen LogP contribution < -0.4 is 48.7 Å². The minimum Gasteiger partial charge on any atom is -0.480 e. The molecule has 22 heteroatoms. The Morgan fingerprint density at radius 3 is 2.03 bits per heavy atom. The molecule has 7 amide bonds. The molecule has 71 heavy (non-hydrogen) atoms. The van der Waals surface area contributed by atoms with Gasteiger partial charge in [-0.2, -0.15) is 0 Å². The van der Waals surface area contributed by atoms with Crippen molar-refractivity contribution in [2.45, 2.75) is 142 Å². The SMILES string of the molecule is C/C=C1\NC(=O)CC[C@H](C(=O)O)NC(=O)[C@@H](C)[C@H](/C=C/C(C)=C/[C@H](C)[C@H](Cc2ccccc2)OC)NC(=O)[C@H](CCCN=C(N)N)NC(=O)C[C@H](C(=O)O)NC(=O)[C@H](CCC(C)C)NC(=O)[C@H](C)NC1=O. The Kier molecular flexibility index (Phi) is 25.8. The monoisotopic (exact) mass is 995 g/mol. The van der Waals surface area contributed by atoms with Crippen molar-refractivity contribution in [3.05, 3.63) is 71.5 Å². The van der Waals surface area contributed by atoms with Gasteiger partial charge in [0.05, 0.1) is 24.5 Å². The molecule has 1 saturated heterocycles. The Morgan fingerprint density at radius 1 is 0.817 bits per heavy atom. The van der Waals surface area contributed by atoms with Crippen molar-refractivity contribution in [3.63, 3.8) is 0 Å². The maximum absolute atomic E-state index is 14.3. The summed E-state index contributed by atoms with van der Waals surface area (Å²) in [6.07, 6.45) is 5.51. The Bertz CT molecular complexity index is 2140. The number of ether oxygens (including phenoxy) is 1. The third-order valence-electron chi connectivity index (χ3n) is 11.6. The smallest absolute Gasteiger partial charge is 0.326 e. The number of aliphatic imine (C=N–C) groups is 1. The van der Waals surface area contributed by atoms with Crippen LogP contribution in [0.15, 0.2) is 70.9 Å². The number of hydrogen-bond donors (Lipinski definition) is 11. The van der Waals surface area contributed by atoms with Gasteiger partial charge in [-0.1, -0.05) is 87.9 Å². The van der Waals surface area contributed by atoms with Gasteiger partial charge in [0.25, 0.3) is 5.91 Å². The largest absolute Gasteiger partial charge is 0.480 e. The maximum Gasteiger partial charge on any atom is 0.326 e. The number of benzene rings is 1. The number of nitrogens with one attached hydrogen (secondary N) is 7. The summed E-state index contributed by atoms with van der Waals surface area (Å²) in [6.45, 7) is 11.7. The van der Waals surface area contributed by atoms with Crippen molar-refractivity contribution >= 4 is 59.2 Å². The lowest BCUT2D eigenvalue weighted by Gasteiger charge is -2.27.